The van der Waals surface area contributed by atoms with Crippen LogP contribution in [0.3, 0.4) is 0 Å². The lowest BCUT2D eigenvalue weighted by Crippen LogP contribution is -2.05. The summed E-state index contributed by atoms with van der Waals surface area (Å²) in [6, 6.07) is 8.72. The van der Waals surface area contributed by atoms with Gasteiger partial charge in [0, 0.05) is 31.0 Å². The summed E-state index contributed by atoms with van der Waals surface area (Å²) in [4.78, 5) is 14.7. The number of halogens is 1. The molecule has 0 bridgehead atoms. The fourth-order valence-corrected chi connectivity index (χ4v) is 1.63. The Balaban J connectivity index is 1.94. The molecule has 1 amide bonds. The van der Waals surface area contributed by atoms with Crippen LogP contribution in [-0.4, -0.2) is 10.9 Å². The van der Waals surface area contributed by atoms with E-state index in [0.717, 1.165) is 16.9 Å². The number of carbonyl (C=O) groups is 1. The number of pyridine rings is 1. The molecule has 1 aromatic carbocycles. The number of anilines is 2. The Hall–Kier alpha value is -2.43. The fourth-order valence-electron chi connectivity index (χ4n) is 1.63. The number of aromatic nitrogens is 1. The lowest BCUT2D eigenvalue weighted by Gasteiger charge is -2.07. The van der Waals surface area contributed by atoms with Gasteiger partial charge in [-0.25, -0.2) is 4.39 Å². The van der Waals surface area contributed by atoms with Gasteiger partial charge in [0.25, 0.3) is 0 Å². The van der Waals surface area contributed by atoms with Crippen LogP contribution in [0.2, 0.25) is 0 Å². The summed E-state index contributed by atoms with van der Waals surface area (Å²) in [6.45, 7) is 1.95. The number of carbonyl (C=O) groups excluding carboxylic acids is 1. The number of nitrogens with zero attached hydrogens (tertiary/aromatic N) is 1. The maximum Gasteiger partial charge on any atom is 0.221 e. The van der Waals surface area contributed by atoms with Gasteiger partial charge in [-0.1, -0.05) is 0 Å². The molecular weight excluding hydrogens is 245 g/mol. The first-order valence-electron chi connectivity index (χ1n) is 5.84. The summed E-state index contributed by atoms with van der Waals surface area (Å²) in [6.07, 6.45) is 2.79. The van der Waals surface area contributed by atoms with Crippen molar-refractivity contribution in [2.75, 3.05) is 10.6 Å². The van der Waals surface area contributed by atoms with Crippen LogP contribution in [-0.2, 0) is 11.3 Å². The van der Waals surface area contributed by atoms with E-state index in [-0.39, 0.29) is 11.7 Å². The van der Waals surface area contributed by atoms with Crippen molar-refractivity contribution in [3.8, 4) is 0 Å². The monoisotopic (exact) mass is 259 g/mol. The first kappa shape index (κ1) is 13.0. The quantitative estimate of drug-likeness (QED) is 0.887. The van der Waals surface area contributed by atoms with Crippen LogP contribution in [0.4, 0.5) is 15.8 Å². The summed E-state index contributed by atoms with van der Waals surface area (Å²) in [7, 11) is 0. The van der Waals surface area contributed by atoms with E-state index in [9.17, 15) is 9.18 Å². The van der Waals surface area contributed by atoms with Crippen molar-refractivity contribution >= 4 is 17.3 Å². The van der Waals surface area contributed by atoms with E-state index in [1.165, 1.54) is 19.2 Å². The summed E-state index contributed by atoms with van der Waals surface area (Å²) < 4.78 is 12.9. The Bertz CT molecular complexity index is 569. The lowest BCUT2D eigenvalue weighted by molar-refractivity contribution is -0.114. The van der Waals surface area contributed by atoms with Crippen LogP contribution in [0, 0.1) is 5.82 Å². The zero-order valence-electron chi connectivity index (χ0n) is 10.5. The van der Waals surface area contributed by atoms with Crippen molar-refractivity contribution in [3.63, 3.8) is 0 Å². The minimum atomic E-state index is -0.347. The molecule has 19 heavy (non-hydrogen) atoms. The second-order valence-electron chi connectivity index (χ2n) is 4.12. The molecule has 2 rings (SSSR count). The molecule has 1 heterocycles. The maximum atomic E-state index is 12.9. The summed E-state index contributed by atoms with van der Waals surface area (Å²) >= 11 is 0. The smallest absolute Gasteiger partial charge is 0.221 e. The summed E-state index contributed by atoms with van der Waals surface area (Å²) in [5, 5.41) is 5.84. The van der Waals surface area contributed by atoms with E-state index in [4.69, 9.17) is 0 Å². The number of nitrogens with one attached hydrogen (secondary N) is 2. The molecule has 0 aliphatic rings. The van der Waals surface area contributed by atoms with Gasteiger partial charge in [-0.05, 0) is 35.9 Å². The lowest BCUT2D eigenvalue weighted by atomic mass is 10.2. The fraction of sp³-hybridized carbons (Fsp3) is 0.143. The molecule has 98 valence electrons. The maximum absolute atomic E-state index is 12.9. The van der Waals surface area contributed by atoms with E-state index < -0.39 is 0 Å². The van der Waals surface area contributed by atoms with Crippen LogP contribution in [0.25, 0.3) is 0 Å². The van der Waals surface area contributed by atoms with Crippen molar-refractivity contribution in [2.45, 2.75) is 13.5 Å². The molecule has 0 radical (unpaired) electrons. The minimum Gasteiger partial charge on any atom is -0.381 e. The molecule has 2 N–H and O–H groups in total. The van der Waals surface area contributed by atoms with Gasteiger partial charge in [0.05, 0.1) is 6.20 Å². The van der Waals surface area contributed by atoms with Gasteiger partial charge in [-0.2, -0.15) is 0 Å². The molecule has 0 spiro atoms. The van der Waals surface area contributed by atoms with Crippen molar-refractivity contribution in [2.24, 2.45) is 0 Å². The first-order valence-corrected chi connectivity index (χ1v) is 5.84. The Labute approximate surface area is 110 Å². The zero-order valence-corrected chi connectivity index (χ0v) is 10.5. The Morgan fingerprint density at radius 1 is 1.21 bits per heavy atom. The molecule has 2 aromatic rings. The second-order valence-corrected chi connectivity index (χ2v) is 4.12. The highest BCUT2D eigenvalue weighted by atomic mass is 19.1. The third-order valence-electron chi connectivity index (χ3n) is 2.46. The normalized spacial score (nSPS) is 10.0. The van der Waals surface area contributed by atoms with Crippen LogP contribution in [0.5, 0.6) is 0 Å². The van der Waals surface area contributed by atoms with Gasteiger partial charge in [0.1, 0.15) is 5.82 Å². The van der Waals surface area contributed by atoms with E-state index in [1.54, 1.807) is 18.3 Å². The van der Waals surface area contributed by atoms with Crippen molar-refractivity contribution in [1.82, 2.24) is 4.98 Å². The van der Waals surface area contributed by atoms with Gasteiger partial charge in [0.2, 0.25) is 5.91 Å². The van der Waals surface area contributed by atoms with Gasteiger partial charge in [0.15, 0.2) is 0 Å². The highest BCUT2D eigenvalue weighted by Gasteiger charge is 1.98. The Morgan fingerprint density at radius 3 is 2.53 bits per heavy atom. The molecule has 1 aromatic heterocycles. The minimum absolute atomic E-state index is 0.105. The number of rotatable bonds is 4. The predicted octanol–water partition coefficient (Wildman–Crippen LogP) is 2.79. The molecule has 0 unspecified atom stereocenters. The summed E-state index contributed by atoms with van der Waals surface area (Å²) in [5.41, 5.74) is 2.40. The van der Waals surface area contributed by atoms with Crippen molar-refractivity contribution in [3.05, 3.63) is 54.1 Å². The van der Waals surface area contributed by atoms with Crippen LogP contribution < -0.4 is 10.6 Å². The number of hydrogen-bond donors (Lipinski definition) is 2. The van der Waals surface area contributed by atoms with E-state index in [1.807, 2.05) is 12.1 Å². The highest BCUT2D eigenvalue weighted by Crippen LogP contribution is 2.14. The summed E-state index contributed by atoms with van der Waals surface area (Å²) in [5.74, 6) is -0.452. The Kier molecular flexibility index (Phi) is 4.07. The largest absolute Gasteiger partial charge is 0.381 e. The number of amides is 1. The van der Waals surface area contributed by atoms with Crippen molar-refractivity contribution in [1.29, 1.82) is 0 Å². The molecule has 0 aliphatic carbocycles. The third kappa shape index (κ3) is 4.06. The molecule has 0 saturated heterocycles. The average molecular weight is 259 g/mol. The molecule has 0 saturated carbocycles. The van der Waals surface area contributed by atoms with Crippen LogP contribution >= 0.6 is 0 Å². The topological polar surface area (TPSA) is 54.0 Å². The molecular formula is C14H14FN3O. The third-order valence-corrected chi connectivity index (χ3v) is 2.46. The van der Waals surface area contributed by atoms with E-state index in [0.29, 0.717) is 6.54 Å². The van der Waals surface area contributed by atoms with E-state index in [2.05, 4.69) is 15.6 Å². The van der Waals surface area contributed by atoms with Gasteiger partial charge in [-0.15, -0.1) is 0 Å². The molecule has 0 fully saturated rings. The SMILES string of the molecule is CC(=O)Nc1ccc(NCc2cncc(F)c2)cc1. The molecule has 5 heteroatoms. The molecule has 0 aliphatic heterocycles. The average Bonchev–Trinajstić information content (AvgIpc) is 2.37. The van der Waals surface area contributed by atoms with Crippen LogP contribution in [0.1, 0.15) is 12.5 Å². The van der Waals surface area contributed by atoms with Gasteiger partial charge < -0.3 is 10.6 Å². The Morgan fingerprint density at radius 2 is 1.89 bits per heavy atom. The zero-order chi connectivity index (χ0) is 13.7. The van der Waals surface area contributed by atoms with Crippen molar-refractivity contribution < 1.29 is 9.18 Å². The van der Waals surface area contributed by atoms with E-state index >= 15 is 0 Å². The number of benzene rings is 1. The second kappa shape index (κ2) is 5.95. The highest BCUT2D eigenvalue weighted by molar-refractivity contribution is 5.88. The number of hydrogen-bond acceptors (Lipinski definition) is 3. The first-order chi connectivity index (χ1) is 9.13. The van der Waals surface area contributed by atoms with Gasteiger partial charge in [-0.3, -0.25) is 9.78 Å². The standard InChI is InChI=1S/C14H14FN3O/c1-10(19)18-14-4-2-13(3-5-14)17-8-11-6-12(15)9-16-7-11/h2-7,9,17H,8H2,1H3,(H,18,19). The van der Waals surface area contributed by atoms with Crippen LogP contribution in [0.15, 0.2) is 42.7 Å². The molecule has 4 nitrogen and oxygen atoms in total. The molecule has 0 atom stereocenters. The van der Waals surface area contributed by atoms with Gasteiger partial charge >= 0.3 is 0 Å². The predicted molar refractivity (Wildman–Crippen MR) is 72.3 cm³/mol.